The van der Waals surface area contributed by atoms with Crippen molar-refractivity contribution in [2.75, 3.05) is 6.61 Å². The first kappa shape index (κ1) is 21.4. The number of benzene rings is 1. The smallest absolute Gasteiger partial charge is 0.0628 e. The molecule has 3 heteroatoms. The summed E-state index contributed by atoms with van der Waals surface area (Å²) < 4.78 is 0. The lowest BCUT2D eigenvalue weighted by molar-refractivity contribution is 0.103. The Balaban J connectivity index is 0.00000441. The van der Waals surface area contributed by atoms with Gasteiger partial charge < -0.3 is 10.2 Å². The third-order valence-corrected chi connectivity index (χ3v) is 4.31. The van der Waals surface area contributed by atoms with Gasteiger partial charge in [0.2, 0.25) is 0 Å². The van der Waals surface area contributed by atoms with E-state index in [1.807, 2.05) is 6.92 Å². The van der Waals surface area contributed by atoms with Gasteiger partial charge in [0.1, 0.15) is 0 Å². The summed E-state index contributed by atoms with van der Waals surface area (Å²) in [4.78, 5) is 0. The van der Waals surface area contributed by atoms with E-state index in [9.17, 15) is 10.2 Å². The number of aliphatic hydroxyl groups is 2. The lowest BCUT2D eigenvalue weighted by atomic mass is 9.91. The molecule has 128 valence electrons. The van der Waals surface area contributed by atoms with Gasteiger partial charge in [-0.1, -0.05) is 70.2 Å². The zero-order valence-corrected chi connectivity index (χ0v) is 14.9. The lowest BCUT2D eigenvalue weighted by Gasteiger charge is -2.20. The first-order valence-electron chi connectivity index (χ1n) is 8.60. The van der Waals surface area contributed by atoms with E-state index in [0.29, 0.717) is 6.42 Å². The highest BCUT2D eigenvalue weighted by Gasteiger charge is 2.18. The van der Waals surface area contributed by atoms with Crippen molar-refractivity contribution in [3.8, 4) is 0 Å². The van der Waals surface area contributed by atoms with E-state index in [2.05, 4.69) is 31.2 Å². The second-order valence-electron chi connectivity index (χ2n) is 6.02. The first-order valence-corrected chi connectivity index (χ1v) is 8.60. The molecule has 0 heterocycles. The minimum absolute atomic E-state index is 0. The predicted molar refractivity (Wildman–Crippen MR) is 96.9 cm³/mol. The van der Waals surface area contributed by atoms with Crippen LogP contribution in [0.1, 0.15) is 75.8 Å². The number of unbranched alkanes of at least 4 members (excludes halogenated alkanes) is 5. The maximum Gasteiger partial charge on any atom is 0.0628 e. The summed E-state index contributed by atoms with van der Waals surface area (Å²) in [6, 6.07) is 8.41. The number of hydrogen-bond donors (Lipinski definition) is 2. The molecule has 2 nitrogen and oxygen atoms in total. The highest BCUT2D eigenvalue weighted by molar-refractivity contribution is 5.85. The Morgan fingerprint density at radius 3 is 2.05 bits per heavy atom. The van der Waals surface area contributed by atoms with Crippen LogP contribution >= 0.6 is 12.4 Å². The Hall–Kier alpha value is -0.570. The molecular weight excluding hydrogens is 296 g/mol. The van der Waals surface area contributed by atoms with Crippen LogP contribution in [0.2, 0.25) is 0 Å². The molecule has 0 saturated heterocycles. The molecule has 0 aliphatic carbocycles. The van der Waals surface area contributed by atoms with Crippen LogP contribution in [0.4, 0.5) is 0 Å². The summed E-state index contributed by atoms with van der Waals surface area (Å²) in [6.45, 7) is 4.20. The van der Waals surface area contributed by atoms with Crippen molar-refractivity contribution in [3.63, 3.8) is 0 Å². The minimum Gasteiger partial charge on any atom is -0.396 e. The fourth-order valence-electron chi connectivity index (χ4n) is 2.77. The Labute approximate surface area is 142 Å². The third-order valence-electron chi connectivity index (χ3n) is 4.31. The lowest BCUT2D eigenvalue weighted by Crippen LogP contribution is -2.20. The van der Waals surface area contributed by atoms with Crippen LogP contribution in [0.15, 0.2) is 24.3 Å². The average Bonchev–Trinajstić information content (AvgIpc) is 2.52. The van der Waals surface area contributed by atoms with E-state index in [-0.39, 0.29) is 24.9 Å². The molecule has 22 heavy (non-hydrogen) atoms. The molecule has 1 aromatic carbocycles. The van der Waals surface area contributed by atoms with Crippen molar-refractivity contribution in [1.82, 2.24) is 0 Å². The molecule has 0 aliphatic rings. The van der Waals surface area contributed by atoms with E-state index in [0.717, 1.165) is 12.0 Å². The molecule has 1 rings (SSSR count). The second-order valence-corrected chi connectivity index (χ2v) is 6.02. The Bertz CT molecular complexity index is 364. The molecule has 0 aromatic heterocycles. The minimum atomic E-state index is -0.459. The van der Waals surface area contributed by atoms with Gasteiger partial charge in [0.05, 0.1) is 12.7 Å². The molecule has 0 aliphatic heterocycles. The number of rotatable bonds is 11. The molecular formula is C19H33ClO2. The molecule has 0 radical (unpaired) electrons. The van der Waals surface area contributed by atoms with Crippen molar-refractivity contribution >= 4 is 12.4 Å². The van der Waals surface area contributed by atoms with Crippen LogP contribution in [-0.4, -0.2) is 22.9 Å². The van der Waals surface area contributed by atoms with E-state index < -0.39 is 6.10 Å². The van der Waals surface area contributed by atoms with Gasteiger partial charge in [0, 0.05) is 5.92 Å². The molecule has 0 spiro atoms. The molecule has 2 atom stereocenters. The predicted octanol–water partition coefficient (Wildman–Crippen LogP) is 4.86. The fourth-order valence-corrected chi connectivity index (χ4v) is 2.77. The van der Waals surface area contributed by atoms with Crippen LogP contribution < -0.4 is 0 Å². The van der Waals surface area contributed by atoms with Crippen molar-refractivity contribution in [2.24, 2.45) is 0 Å². The normalized spacial score (nSPS) is 13.5. The van der Waals surface area contributed by atoms with E-state index >= 15 is 0 Å². The summed E-state index contributed by atoms with van der Waals surface area (Å²) in [5, 5.41) is 19.4. The zero-order valence-electron chi connectivity index (χ0n) is 14.1. The molecule has 2 unspecified atom stereocenters. The summed E-state index contributed by atoms with van der Waals surface area (Å²) in [6.07, 6.45) is 9.29. The summed E-state index contributed by atoms with van der Waals surface area (Å²) in [5.74, 6) is -0.155. The maximum atomic E-state index is 9.92. The quantitative estimate of drug-likeness (QED) is 0.569. The largest absolute Gasteiger partial charge is 0.396 e. The van der Waals surface area contributed by atoms with Gasteiger partial charge in [0.25, 0.3) is 0 Å². The summed E-state index contributed by atoms with van der Waals surface area (Å²) in [5.41, 5.74) is 2.40. The van der Waals surface area contributed by atoms with Crippen molar-refractivity contribution < 1.29 is 10.2 Å². The van der Waals surface area contributed by atoms with Crippen molar-refractivity contribution in [2.45, 2.75) is 77.2 Å². The van der Waals surface area contributed by atoms with Crippen LogP contribution in [0.25, 0.3) is 0 Å². The van der Waals surface area contributed by atoms with Gasteiger partial charge in [-0.25, -0.2) is 0 Å². The number of aryl methyl sites for hydroxylation is 1. The molecule has 0 saturated carbocycles. The highest BCUT2D eigenvalue weighted by Crippen LogP contribution is 2.22. The van der Waals surface area contributed by atoms with Crippen LogP contribution in [0.3, 0.4) is 0 Å². The van der Waals surface area contributed by atoms with Gasteiger partial charge in [0.15, 0.2) is 0 Å². The highest BCUT2D eigenvalue weighted by atomic mass is 35.5. The van der Waals surface area contributed by atoms with Gasteiger partial charge in [-0.15, -0.1) is 12.4 Å². The van der Waals surface area contributed by atoms with E-state index in [1.54, 1.807) is 0 Å². The molecule has 0 fully saturated rings. The van der Waals surface area contributed by atoms with Crippen LogP contribution in [-0.2, 0) is 6.42 Å². The molecule has 1 aromatic rings. The van der Waals surface area contributed by atoms with Crippen LogP contribution in [0.5, 0.6) is 0 Å². The standard InChI is InChI=1S/C19H32O2.ClH/c1-3-5-6-7-8-9-10-16-11-13-17(14-12-16)18(15-20)19(21)4-2;/h11-14,18-21H,3-10,15H2,1-2H3;1H. The zero-order chi connectivity index (χ0) is 15.5. The SMILES string of the molecule is CCCCCCCCc1ccc(C(CO)C(O)CC)cc1.Cl. The van der Waals surface area contributed by atoms with E-state index in [4.69, 9.17) is 0 Å². The first-order chi connectivity index (χ1) is 10.2. The van der Waals surface area contributed by atoms with Crippen molar-refractivity contribution in [1.29, 1.82) is 0 Å². The Morgan fingerprint density at radius 1 is 0.909 bits per heavy atom. The second kappa shape index (κ2) is 12.9. The topological polar surface area (TPSA) is 40.5 Å². The van der Waals surface area contributed by atoms with Gasteiger partial charge in [-0.2, -0.15) is 0 Å². The van der Waals surface area contributed by atoms with Crippen LogP contribution in [0, 0.1) is 0 Å². The monoisotopic (exact) mass is 328 g/mol. The molecule has 0 bridgehead atoms. The van der Waals surface area contributed by atoms with Gasteiger partial charge >= 0.3 is 0 Å². The fraction of sp³-hybridized carbons (Fsp3) is 0.684. The van der Waals surface area contributed by atoms with Crippen molar-refractivity contribution in [3.05, 3.63) is 35.4 Å². The number of hydrogen-bond acceptors (Lipinski definition) is 2. The molecule has 0 amide bonds. The molecule has 2 N–H and O–H groups in total. The summed E-state index contributed by atoms with van der Waals surface area (Å²) in [7, 11) is 0. The van der Waals surface area contributed by atoms with Gasteiger partial charge in [-0.3, -0.25) is 0 Å². The summed E-state index contributed by atoms with van der Waals surface area (Å²) >= 11 is 0. The average molecular weight is 329 g/mol. The third kappa shape index (κ3) is 7.62. The maximum absolute atomic E-state index is 9.92. The van der Waals surface area contributed by atoms with E-state index in [1.165, 1.54) is 44.1 Å². The Kier molecular flexibility index (Phi) is 12.6. The number of halogens is 1. The number of aliphatic hydroxyl groups excluding tert-OH is 2. The van der Waals surface area contributed by atoms with Gasteiger partial charge in [-0.05, 0) is 30.4 Å². The Morgan fingerprint density at radius 2 is 1.50 bits per heavy atom.